The molecule has 1 aliphatic heterocycles. The Kier molecular flexibility index (Phi) is 4.92. The monoisotopic (exact) mass is 341 g/mol. The number of benzene rings is 1. The van der Waals surface area contributed by atoms with Crippen molar-refractivity contribution in [3.8, 4) is 0 Å². The molecule has 0 spiro atoms. The van der Waals surface area contributed by atoms with E-state index in [2.05, 4.69) is 55.9 Å². The zero-order valence-electron chi connectivity index (χ0n) is 16.2. The summed E-state index contributed by atoms with van der Waals surface area (Å²) in [4.78, 5) is 18.9. The quantitative estimate of drug-likeness (QED) is 0.877. The number of carbonyl (C=O) groups excluding carboxylic acids is 1. The van der Waals surface area contributed by atoms with Crippen LogP contribution in [0.15, 0.2) is 18.2 Å². The molecule has 4 nitrogen and oxygen atoms in total. The number of carbonyl (C=O) groups is 1. The lowest BCUT2D eigenvalue weighted by Crippen LogP contribution is -2.54. The Bertz CT molecular complexity index is 775. The van der Waals surface area contributed by atoms with E-state index in [4.69, 9.17) is 0 Å². The number of H-pyrrole nitrogens is 1. The summed E-state index contributed by atoms with van der Waals surface area (Å²) in [6, 6.07) is 6.55. The van der Waals surface area contributed by atoms with Crippen molar-refractivity contribution in [1.82, 2.24) is 15.2 Å². The van der Waals surface area contributed by atoms with E-state index in [-0.39, 0.29) is 11.4 Å². The molecule has 2 aromatic rings. The molecule has 0 radical (unpaired) electrons. The van der Waals surface area contributed by atoms with Gasteiger partial charge in [0, 0.05) is 29.2 Å². The highest BCUT2D eigenvalue weighted by Gasteiger charge is 2.28. The van der Waals surface area contributed by atoms with Crippen LogP contribution in [-0.4, -0.2) is 40.5 Å². The maximum Gasteiger partial charge on any atom is 0.253 e. The highest BCUT2D eigenvalue weighted by molar-refractivity contribution is 6.07. The molecule has 0 saturated carbocycles. The third kappa shape index (κ3) is 3.74. The number of rotatable bonds is 4. The third-order valence-corrected chi connectivity index (χ3v) is 5.58. The fraction of sp³-hybridized carbons (Fsp3) is 0.571. The largest absolute Gasteiger partial charge is 0.358 e. The molecule has 1 unspecified atom stereocenters. The maximum absolute atomic E-state index is 13.0. The summed E-state index contributed by atoms with van der Waals surface area (Å²) in [6.07, 6.45) is 3.83. The van der Waals surface area contributed by atoms with Crippen LogP contribution in [0, 0.1) is 13.8 Å². The van der Waals surface area contributed by atoms with Gasteiger partial charge in [-0.25, -0.2) is 0 Å². The van der Waals surface area contributed by atoms with Crippen molar-refractivity contribution in [1.29, 1.82) is 0 Å². The van der Waals surface area contributed by atoms with E-state index in [0.717, 1.165) is 35.2 Å². The van der Waals surface area contributed by atoms with Gasteiger partial charge in [0.15, 0.2) is 0 Å². The predicted molar refractivity (Wildman–Crippen MR) is 104 cm³/mol. The minimum atomic E-state index is -0.262. The summed E-state index contributed by atoms with van der Waals surface area (Å²) in [5.74, 6) is 0.00140. The molecule has 1 aromatic carbocycles. The number of hydrogen-bond acceptors (Lipinski definition) is 2. The molecule has 25 heavy (non-hydrogen) atoms. The molecule has 1 aliphatic rings. The van der Waals surface area contributed by atoms with Gasteiger partial charge < -0.3 is 10.3 Å². The number of nitrogens with one attached hydrogen (secondary N) is 2. The van der Waals surface area contributed by atoms with Gasteiger partial charge in [-0.1, -0.05) is 18.6 Å². The molecule has 2 N–H and O–H groups in total. The maximum atomic E-state index is 13.0. The summed E-state index contributed by atoms with van der Waals surface area (Å²) >= 11 is 0. The second kappa shape index (κ2) is 6.83. The first-order chi connectivity index (χ1) is 11.8. The predicted octanol–water partition coefficient (Wildman–Crippen LogP) is 4.17. The summed E-state index contributed by atoms with van der Waals surface area (Å²) in [7, 11) is 0. The fourth-order valence-corrected chi connectivity index (χ4v) is 3.99. The lowest BCUT2D eigenvalue weighted by atomic mass is 9.98. The summed E-state index contributed by atoms with van der Waals surface area (Å²) in [6.45, 7) is 12.7. The van der Waals surface area contributed by atoms with Crippen LogP contribution in [0.4, 0.5) is 0 Å². The molecular formula is C21H31N3O. The number of para-hydroxylation sites is 1. The van der Waals surface area contributed by atoms with Crippen molar-refractivity contribution >= 4 is 16.8 Å². The Balaban J connectivity index is 1.78. The first-order valence-corrected chi connectivity index (χ1v) is 9.43. The molecule has 2 heterocycles. The van der Waals surface area contributed by atoms with Gasteiger partial charge in [0.25, 0.3) is 5.91 Å². The van der Waals surface area contributed by atoms with Crippen molar-refractivity contribution in [2.75, 3.05) is 13.1 Å². The molecular weight excluding hydrogens is 310 g/mol. The average molecular weight is 341 g/mol. The number of piperidine rings is 1. The lowest BCUT2D eigenvalue weighted by molar-refractivity contribution is 0.0836. The fourth-order valence-electron chi connectivity index (χ4n) is 3.99. The van der Waals surface area contributed by atoms with Crippen LogP contribution >= 0.6 is 0 Å². The molecule has 1 aromatic heterocycles. The summed E-state index contributed by atoms with van der Waals surface area (Å²) in [5, 5.41) is 4.39. The van der Waals surface area contributed by atoms with Gasteiger partial charge in [0.1, 0.15) is 0 Å². The van der Waals surface area contributed by atoms with Crippen LogP contribution in [0.3, 0.4) is 0 Å². The van der Waals surface area contributed by atoms with Crippen LogP contribution < -0.4 is 5.32 Å². The van der Waals surface area contributed by atoms with Crippen molar-refractivity contribution in [2.24, 2.45) is 0 Å². The van der Waals surface area contributed by atoms with E-state index in [0.29, 0.717) is 6.04 Å². The Morgan fingerprint density at radius 3 is 2.80 bits per heavy atom. The van der Waals surface area contributed by atoms with Gasteiger partial charge in [0.05, 0.1) is 11.1 Å². The van der Waals surface area contributed by atoms with Crippen molar-refractivity contribution < 1.29 is 4.79 Å². The number of nitrogens with zero attached hydrogens (tertiary/aromatic N) is 1. The van der Waals surface area contributed by atoms with Crippen molar-refractivity contribution in [2.45, 2.75) is 65.5 Å². The van der Waals surface area contributed by atoms with Crippen molar-refractivity contribution in [3.63, 3.8) is 0 Å². The van der Waals surface area contributed by atoms with E-state index in [1.807, 2.05) is 12.1 Å². The van der Waals surface area contributed by atoms with E-state index in [1.54, 1.807) is 0 Å². The van der Waals surface area contributed by atoms with Gasteiger partial charge in [-0.15, -0.1) is 0 Å². The van der Waals surface area contributed by atoms with Gasteiger partial charge in [-0.3, -0.25) is 9.69 Å². The van der Waals surface area contributed by atoms with Gasteiger partial charge in [-0.2, -0.15) is 0 Å². The first-order valence-electron chi connectivity index (χ1n) is 9.43. The van der Waals surface area contributed by atoms with E-state index in [9.17, 15) is 4.79 Å². The number of aryl methyl sites for hydroxylation is 2. The number of amides is 1. The molecule has 1 atom stereocenters. The average Bonchev–Trinajstić information content (AvgIpc) is 2.84. The number of aromatic amines is 1. The standard InChI is InChI=1S/C21H31N3O/c1-14-9-6-7-12-24(14)13-21(4,5)23-20(25)18-11-8-10-17-15(2)16(3)22-19(17)18/h8,10-11,14,22H,6-7,9,12-13H2,1-5H3,(H,23,25). The van der Waals surface area contributed by atoms with Gasteiger partial charge in [-0.05, 0) is 65.6 Å². The van der Waals surface area contributed by atoms with Gasteiger partial charge >= 0.3 is 0 Å². The Morgan fingerprint density at radius 2 is 2.08 bits per heavy atom. The zero-order chi connectivity index (χ0) is 18.2. The minimum Gasteiger partial charge on any atom is -0.358 e. The smallest absolute Gasteiger partial charge is 0.253 e. The Morgan fingerprint density at radius 1 is 1.32 bits per heavy atom. The first kappa shape index (κ1) is 18.0. The lowest BCUT2D eigenvalue weighted by Gasteiger charge is -2.39. The Labute approximate surface area is 151 Å². The number of fused-ring (bicyclic) bond motifs is 1. The molecule has 1 amide bonds. The van der Waals surface area contributed by atoms with Crippen LogP contribution in [0.1, 0.15) is 61.6 Å². The molecule has 4 heteroatoms. The second-order valence-corrected chi connectivity index (χ2v) is 8.26. The number of hydrogen-bond donors (Lipinski definition) is 2. The van der Waals surface area contributed by atoms with Crippen LogP contribution in [0.2, 0.25) is 0 Å². The third-order valence-electron chi connectivity index (χ3n) is 5.58. The minimum absolute atomic E-state index is 0.00140. The van der Waals surface area contributed by atoms with Crippen LogP contribution in [0.5, 0.6) is 0 Å². The topological polar surface area (TPSA) is 48.1 Å². The summed E-state index contributed by atoms with van der Waals surface area (Å²) < 4.78 is 0. The van der Waals surface area contributed by atoms with E-state index >= 15 is 0 Å². The molecule has 136 valence electrons. The highest BCUT2D eigenvalue weighted by Crippen LogP contribution is 2.25. The van der Waals surface area contributed by atoms with Crippen LogP contribution in [-0.2, 0) is 0 Å². The Hall–Kier alpha value is -1.81. The molecule has 3 rings (SSSR count). The number of aromatic nitrogens is 1. The second-order valence-electron chi connectivity index (χ2n) is 8.26. The van der Waals surface area contributed by atoms with Crippen molar-refractivity contribution in [3.05, 3.63) is 35.0 Å². The number of likely N-dealkylation sites (tertiary alicyclic amines) is 1. The summed E-state index contributed by atoms with van der Waals surface area (Å²) in [5.41, 5.74) is 3.75. The van der Waals surface area contributed by atoms with Crippen LogP contribution in [0.25, 0.3) is 10.9 Å². The molecule has 0 bridgehead atoms. The highest BCUT2D eigenvalue weighted by atomic mass is 16.1. The van der Waals surface area contributed by atoms with Gasteiger partial charge in [0.2, 0.25) is 0 Å². The molecule has 1 fully saturated rings. The zero-order valence-corrected chi connectivity index (χ0v) is 16.2. The van der Waals surface area contributed by atoms with E-state index < -0.39 is 0 Å². The molecule has 0 aliphatic carbocycles. The van der Waals surface area contributed by atoms with E-state index in [1.165, 1.54) is 24.8 Å². The SMILES string of the molecule is Cc1[nH]c2c(C(=O)NC(C)(C)CN3CCCCC3C)cccc2c1C. The normalized spacial score (nSPS) is 19.3. The molecule has 1 saturated heterocycles.